The summed E-state index contributed by atoms with van der Waals surface area (Å²) in [5, 5.41) is 9.28. The Bertz CT molecular complexity index is 182. The number of hydrogen-bond donors (Lipinski definition) is 2. The van der Waals surface area contributed by atoms with E-state index in [9.17, 15) is 5.11 Å². The smallest absolute Gasteiger partial charge is 0.0586 e. The Labute approximate surface area is 93.6 Å². The van der Waals surface area contributed by atoms with E-state index in [1.165, 1.54) is 12.8 Å². The largest absolute Gasteiger partial charge is 0.395 e. The summed E-state index contributed by atoms with van der Waals surface area (Å²) in [7, 11) is 0. The van der Waals surface area contributed by atoms with E-state index >= 15 is 0 Å². The number of aliphatic hydroxyl groups excluding tert-OH is 1. The summed E-state index contributed by atoms with van der Waals surface area (Å²) < 4.78 is 0. The van der Waals surface area contributed by atoms with Crippen LogP contribution >= 0.6 is 0 Å². The molecule has 1 aliphatic heterocycles. The molecule has 0 saturated carbocycles. The van der Waals surface area contributed by atoms with E-state index in [1.54, 1.807) is 0 Å². The molecule has 1 atom stereocenters. The van der Waals surface area contributed by atoms with Crippen LogP contribution in [0.2, 0.25) is 0 Å². The summed E-state index contributed by atoms with van der Waals surface area (Å²) >= 11 is 0. The minimum absolute atomic E-state index is 0.234. The molecule has 0 radical (unpaired) electrons. The lowest BCUT2D eigenvalue weighted by Crippen LogP contribution is -2.43. The van der Waals surface area contributed by atoms with Crippen LogP contribution in [0.15, 0.2) is 0 Å². The minimum Gasteiger partial charge on any atom is -0.395 e. The molecule has 0 aromatic carbocycles. The van der Waals surface area contributed by atoms with Gasteiger partial charge in [0, 0.05) is 6.04 Å². The lowest BCUT2D eigenvalue weighted by atomic mass is 9.88. The van der Waals surface area contributed by atoms with Crippen molar-refractivity contribution in [2.45, 2.75) is 45.6 Å². The van der Waals surface area contributed by atoms with Crippen LogP contribution in [0.3, 0.4) is 0 Å². The summed E-state index contributed by atoms with van der Waals surface area (Å²) in [6.45, 7) is 7.70. The van der Waals surface area contributed by atoms with Gasteiger partial charge in [0.15, 0.2) is 0 Å². The Hall–Kier alpha value is -0.120. The van der Waals surface area contributed by atoms with Gasteiger partial charge in [0.2, 0.25) is 0 Å². The van der Waals surface area contributed by atoms with Crippen LogP contribution in [0.1, 0.15) is 39.5 Å². The standard InChI is InChI=1S/C12H26N2O/c1-12(2,10-13)6-8-14-7-4-3-5-11(14)9-15/h11,15H,3-10,13H2,1-2H3. The summed E-state index contributed by atoms with van der Waals surface area (Å²) in [5.74, 6) is 0. The van der Waals surface area contributed by atoms with Crippen molar-refractivity contribution in [2.24, 2.45) is 11.1 Å². The molecule has 1 aliphatic rings. The Morgan fingerprint density at radius 2 is 2.13 bits per heavy atom. The number of piperidine rings is 1. The van der Waals surface area contributed by atoms with Gasteiger partial charge in [-0.15, -0.1) is 0 Å². The highest BCUT2D eigenvalue weighted by Gasteiger charge is 2.24. The first-order valence-electron chi connectivity index (χ1n) is 6.14. The molecule has 0 aromatic heterocycles. The molecular weight excluding hydrogens is 188 g/mol. The number of aliphatic hydroxyl groups is 1. The van der Waals surface area contributed by atoms with Crippen LogP contribution < -0.4 is 5.73 Å². The second-order valence-electron chi connectivity index (χ2n) is 5.49. The summed E-state index contributed by atoms with van der Waals surface area (Å²) in [6.07, 6.45) is 4.82. The molecule has 0 amide bonds. The summed E-state index contributed by atoms with van der Waals surface area (Å²) in [6, 6.07) is 0.396. The van der Waals surface area contributed by atoms with Gasteiger partial charge in [0.1, 0.15) is 0 Å². The molecule has 15 heavy (non-hydrogen) atoms. The zero-order chi connectivity index (χ0) is 11.3. The van der Waals surface area contributed by atoms with Crippen LogP contribution in [-0.2, 0) is 0 Å². The Kier molecular flexibility index (Phi) is 5.03. The van der Waals surface area contributed by atoms with Crippen molar-refractivity contribution in [3.05, 3.63) is 0 Å². The predicted octanol–water partition coefficient (Wildman–Crippen LogP) is 1.21. The van der Waals surface area contributed by atoms with Crippen molar-refractivity contribution >= 4 is 0 Å². The lowest BCUT2D eigenvalue weighted by Gasteiger charge is -2.36. The normalized spacial score (nSPS) is 24.4. The van der Waals surface area contributed by atoms with Gasteiger partial charge in [-0.05, 0) is 44.3 Å². The highest BCUT2D eigenvalue weighted by Crippen LogP contribution is 2.22. The van der Waals surface area contributed by atoms with Gasteiger partial charge in [-0.25, -0.2) is 0 Å². The Balaban J connectivity index is 2.35. The molecule has 0 spiro atoms. The first-order chi connectivity index (χ1) is 7.09. The van der Waals surface area contributed by atoms with Crippen molar-refractivity contribution in [1.29, 1.82) is 0 Å². The van der Waals surface area contributed by atoms with E-state index in [0.29, 0.717) is 12.6 Å². The van der Waals surface area contributed by atoms with Crippen LogP contribution in [0.4, 0.5) is 0 Å². The van der Waals surface area contributed by atoms with E-state index in [0.717, 1.165) is 32.5 Å². The predicted molar refractivity (Wildman–Crippen MR) is 63.8 cm³/mol. The summed E-state index contributed by atoms with van der Waals surface area (Å²) in [5.41, 5.74) is 5.95. The Morgan fingerprint density at radius 3 is 2.73 bits per heavy atom. The molecule has 1 unspecified atom stereocenters. The topological polar surface area (TPSA) is 49.5 Å². The molecule has 0 aliphatic carbocycles. The maximum absolute atomic E-state index is 9.28. The highest BCUT2D eigenvalue weighted by molar-refractivity contribution is 4.79. The van der Waals surface area contributed by atoms with Crippen LogP contribution in [0.5, 0.6) is 0 Å². The molecule has 3 N–H and O–H groups in total. The third-order valence-corrected chi connectivity index (χ3v) is 3.59. The summed E-state index contributed by atoms with van der Waals surface area (Å²) in [4.78, 5) is 2.43. The third kappa shape index (κ3) is 4.09. The Morgan fingerprint density at radius 1 is 1.40 bits per heavy atom. The van der Waals surface area contributed by atoms with E-state index in [-0.39, 0.29) is 5.41 Å². The number of nitrogens with two attached hydrogens (primary N) is 1. The minimum atomic E-state index is 0.234. The fraction of sp³-hybridized carbons (Fsp3) is 1.00. The lowest BCUT2D eigenvalue weighted by molar-refractivity contribution is 0.0794. The van der Waals surface area contributed by atoms with E-state index in [2.05, 4.69) is 18.7 Å². The van der Waals surface area contributed by atoms with E-state index < -0.39 is 0 Å². The maximum Gasteiger partial charge on any atom is 0.0586 e. The second kappa shape index (κ2) is 5.83. The first kappa shape index (κ1) is 12.9. The van der Waals surface area contributed by atoms with Crippen molar-refractivity contribution in [3.8, 4) is 0 Å². The van der Waals surface area contributed by atoms with E-state index in [4.69, 9.17) is 5.73 Å². The molecule has 3 heteroatoms. The zero-order valence-electron chi connectivity index (χ0n) is 10.2. The molecule has 1 heterocycles. The number of nitrogens with zero attached hydrogens (tertiary/aromatic N) is 1. The molecule has 1 saturated heterocycles. The van der Waals surface area contributed by atoms with E-state index in [1.807, 2.05) is 0 Å². The third-order valence-electron chi connectivity index (χ3n) is 3.59. The van der Waals surface area contributed by atoms with Crippen LogP contribution in [-0.4, -0.2) is 42.3 Å². The average Bonchev–Trinajstić information content (AvgIpc) is 2.27. The maximum atomic E-state index is 9.28. The SMILES string of the molecule is CC(C)(CN)CCN1CCCCC1CO. The fourth-order valence-electron chi connectivity index (χ4n) is 2.11. The van der Waals surface area contributed by atoms with Gasteiger partial charge < -0.3 is 10.8 Å². The number of likely N-dealkylation sites (tertiary alicyclic amines) is 1. The van der Waals surface area contributed by atoms with Gasteiger partial charge in [0.05, 0.1) is 6.61 Å². The number of hydrogen-bond acceptors (Lipinski definition) is 3. The molecule has 0 bridgehead atoms. The van der Waals surface area contributed by atoms with Crippen molar-refractivity contribution in [3.63, 3.8) is 0 Å². The van der Waals surface area contributed by atoms with Crippen molar-refractivity contribution in [1.82, 2.24) is 4.90 Å². The first-order valence-corrected chi connectivity index (χ1v) is 6.14. The monoisotopic (exact) mass is 214 g/mol. The molecule has 0 aromatic rings. The molecule has 3 nitrogen and oxygen atoms in total. The second-order valence-corrected chi connectivity index (χ2v) is 5.49. The van der Waals surface area contributed by atoms with Gasteiger partial charge in [-0.3, -0.25) is 4.90 Å². The van der Waals surface area contributed by atoms with Crippen molar-refractivity contribution in [2.75, 3.05) is 26.2 Å². The fourth-order valence-corrected chi connectivity index (χ4v) is 2.11. The van der Waals surface area contributed by atoms with Gasteiger partial charge in [0.25, 0.3) is 0 Å². The van der Waals surface area contributed by atoms with Crippen LogP contribution in [0, 0.1) is 5.41 Å². The molecular formula is C12H26N2O. The number of rotatable bonds is 5. The van der Waals surface area contributed by atoms with Gasteiger partial charge in [-0.1, -0.05) is 20.3 Å². The van der Waals surface area contributed by atoms with Gasteiger partial charge in [-0.2, -0.15) is 0 Å². The molecule has 90 valence electrons. The molecule has 1 fully saturated rings. The quantitative estimate of drug-likeness (QED) is 0.723. The zero-order valence-corrected chi connectivity index (χ0v) is 10.2. The van der Waals surface area contributed by atoms with Crippen LogP contribution in [0.25, 0.3) is 0 Å². The average molecular weight is 214 g/mol. The van der Waals surface area contributed by atoms with Gasteiger partial charge >= 0.3 is 0 Å². The van der Waals surface area contributed by atoms with Crippen molar-refractivity contribution < 1.29 is 5.11 Å². The highest BCUT2D eigenvalue weighted by atomic mass is 16.3. The molecule has 1 rings (SSSR count).